The van der Waals surface area contributed by atoms with Crippen LogP contribution in [0.4, 0.5) is 8.78 Å². The first kappa shape index (κ1) is 12.0. The number of rotatable bonds is 2. The quantitative estimate of drug-likeness (QED) is 0.818. The molecule has 0 atom stereocenters. The van der Waals surface area contributed by atoms with Crippen molar-refractivity contribution in [2.24, 2.45) is 0 Å². The van der Waals surface area contributed by atoms with Gasteiger partial charge < -0.3 is 4.74 Å². The van der Waals surface area contributed by atoms with Crippen molar-refractivity contribution in [3.8, 4) is 23.1 Å². The Morgan fingerprint density at radius 3 is 2.67 bits per heavy atom. The Bertz CT molecular complexity index is 635. The van der Waals surface area contributed by atoms with Crippen LogP contribution in [0.2, 0.25) is 0 Å². The SMILES string of the molecule is COc1cnc(-c2ccc(F)cc2F)cc1C#N. The van der Waals surface area contributed by atoms with Crippen LogP contribution >= 0.6 is 0 Å². The van der Waals surface area contributed by atoms with Crippen LogP contribution in [0.5, 0.6) is 5.75 Å². The summed E-state index contributed by atoms with van der Waals surface area (Å²) in [4.78, 5) is 3.98. The first-order valence-corrected chi connectivity index (χ1v) is 5.05. The van der Waals surface area contributed by atoms with Gasteiger partial charge in [0.1, 0.15) is 17.7 Å². The summed E-state index contributed by atoms with van der Waals surface area (Å²) in [7, 11) is 1.41. The fraction of sp³-hybridized carbons (Fsp3) is 0.0769. The molecule has 0 N–H and O–H groups in total. The molecule has 0 amide bonds. The largest absolute Gasteiger partial charge is 0.494 e. The number of aromatic nitrogens is 1. The van der Waals surface area contributed by atoms with E-state index < -0.39 is 11.6 Å². The van der Waals surface area contributed by atoms with Crippen molar-refractivity contribution in [1.82, 2.24) is 4.98 Å². The highest BCUT2D eigenvalue weighted by molar-refractivity contribution is 5.63. The summed E-state index contributed by atoms with van der Waals surface area (Å²) >= 11 is 0. The zero-order chi connectivity index (χ0) is 13.1. The molecule has 1 aromatic heterocycles. The van der Waals surface area contributed by atoms with E-state index in [0.717, 1.165) is 12.1 Å². The molecule has 0 saturated heterocycles. The lowest BCUT2D eigenvalue weighted by Crippen LogP contribution is -1.94. The number of nitrogens with zero attached hydrogens (tertiary/aromatic N) is 2. The smallest absolute Gasteiger partial charge is 0.154 e. The molecule has 0 saturated carbocycles. The van der Waals surface area contributed by atoms with Crippen molar-refractivity contribution in [3.05, 3.63) is 47.7 Å². The van der Waals surface area contributed by atoms with E-state index in [1.165, 1.54) is 25.4 Å². The van der Waals surface area contributed by atoms with Gasteiger partial charge in [0.2, 0.25) is 0 Å². The molecule has 1 heterocycles. The van der Waals surface area contributed by atoms with E-state index in [4.69, 9.17) is 10.00 Å². The fourth-order valence-corrected chi connectivity index (χ4v) is 1.54. The standard InChI is InChI=1S/C13H8F2N2O/c1-18-13-7-17-12(4-8(13)6-16)10-3-2-9(14)5-11(10)15/h2-5,7H,1H3. The fourth-order valence-electron chi connectivity index (χ4n) is 1.54. The van der Waals surface area contributed by atoms with Gasteiger partial charge in [-0.15, -0.1) is 0 Å². The topological polar surface area (TPSA) is 45.9 Å². The Hall–Kier alpha value is -2.48. The second kappa shape index (κ2) is 4.80. The van der Waals surface area contributed by atoms with E-state index in [9.17, 15) is 8.78 Å². The van der Waals surface area contributed by atoms with Crippen molar-refractivity contribution in [2.75, 3.05) is 7.11 Å². The molecule has 1 aromatic carbocycles. The predicted octanol–water partition coefficient (Wildman–Crippen LogP) is 2.91. The zero-order valence-electron chi connectivity index (χ0n) is 9.45. The number of methoxy groups -OCH3 is 1. The van der Waals surface area contributed by atoms with Crippen molar-refractivity contribution < 1.29 is 13.5 Å². The lowest BCUT2D eigenvalue weighted by molar-refractivity contribution is 0.411. The molecule has 0 radical (unpaired) electrons. The molecule has 2 rings (SSSR count). The van der Waals surface area contributed by atoms with Crippen molar-refractivity contribution >= 4 is 0 Å². The summed E-state index contributed by atoms with van der Waals surface area (Å²) < 4.78 is 31.3. The van der Waals surface area contributed by atoms with E-state index in [1.807, 2.05) is 6.07 Å². The lowest BCUT2D eigenvalue weighted by atomic mass is 10.1. The maximum atomic E-state index is 13.6. The lowest BCUT2D eigenvalue weighted by Gasteiger charge is -2.06. The average molecular weight is 246 g/mol. The monoisotopic (exact) mass is 246 g/mol. The Balaban J connectivity index is 2.55. The first-order valence-electron chi connectivity index (χ1n) is 5.05. The predicted molar refractivity (Wildman–Crippen MR) is 60.9 cm³/mol. The average Bonchev–Trinajstić information content (AvgIpc) is 2.38. The van der Waals surface area contributed by atoms with Gasteiger partial charge in [-0.2, -0.15) is 5.26 Å². The Labute approximate surface area is 102 Å². The van der Waals surface area contributed by atoms with E-state index in [2.05, 4.69) is 4.98 Å². The van der Waals surface area contributed by atoms with Gasteiger partial charge in [-0.3, -0.25) is 4.98 Å². The molecule has 0 fully saturated rings. The molecule has 0 spiro atoms. The van der Waals surface area contributed by atoms with E-state index in [0.29, 0.717) is 5.75 Å². The second-order valence-corrected chi connectivity index (χ2v) is 3.51. The maximum Gasteiger partial charge on any atom is 0.154 e. The van der Waals surface area contributed by atoms with Crippen LogP contribution < -0.4 is 4.74 Å². The number of hydrogen-bond acceptors (Lipinski definition) is 3. The summed E-state index contributed by atoms with van der Waals surface area (Å²) in [5.41, 5.74) is 0.631. The molecule has 0 aliphatic heterocycles. The first-order chi connectivity index (χ1) is 8.65. The van der Waals surface area contributed by atoms with E-state index in [1.54, 1.807) is 0 Å². The highest BCUT2D eigenvalue weighted by Gasteiger charge is 2.11. The van der Waals surface area contributed by atoms with Crippen LogP contribution in [-0.2, 0) is 0 Å². The summed E-state index contributed by atoms with van der Waals surface area (Å²) in [5, 5.41) is 8.92. The molecule has 0 bridgehead atoms. The normalized spacial score (nSPS) is 9.89. The van der Waals surface area contributed by atoms with Crippen LogP contribution in [0, 0.1) is 23.0 Å². The highest BCUT2D eigenvalue weighted by atomic mass is 19.1. The van der Waals surface area contributed by atoms with Gasteiger partial charge in [-0.25, -0.2) is 8.78 Å². The molecule has 0 aliphatic rings. The second-order valence-electron chi connectivity index (χ2n) is 3.51. The minimum Gasteiger partial charge on any atom is -0.494 e. The minimum atomic E-state index is -0.725. The van der Waals surface area contributed by atoms with Gasteiger partial charge in [0.15, 0.2) is 5.75 Å². The number of nitriles is 1. The molecule has 90 valence electrons. The molecule has 18 heavy (non-hydrogen) atoms. The number of ether oxygens (including phenoxy) is 1. The van der Waals surface area contributed by atoms with Crippen LogP contribution in [0.15, 0.2) is 30.5 Å². The summed E-state index contributed by atoms with van der Waals surface area (Å²) in [6.07, 6.45) is 1.33. The number of hydrogen-bond donors (Lipinski definition) is 0. The third kappa shape index (κ3) is 2.13. The summed E-state index contributed by atoms with van der Waals surface area (Å²) in [5.74, 6) is -1.08. The highest BCUT2D eigenvalue weighted by Crippen LogP contribution is 2.25. The van der Waals surface area contributed by atoms with Crippen LogP contribution in [-0.4, -0.2) is 12.1 Å². The van der Waals surface area contributed by atoms with Crippen molar-refractivity contribution in [1.29, 1.82) is 5.26 Å². The molecule has 3 nitrogen and oxygen atoms in total. The van der Waals surface area contributed by atoms with Crippen molar-refractivity contribution in [3.63, 3.8) is 0 Å². The zero-order valence-corrected chi connectivity index (χ0v) is 9.45. The third-order valence-corrected chi connectivity index (χ3v) is 2.41. The van der Waals surface area contributed by atoms with Gasteiger partial charge in [0.25, 0.3) is 0 Å². The Morgan fingerprint density at radius 1 is 1.28 bits per heavy atom. The molecule has 0 unspecified atom stereocenters. The van der Waals surface area contributed by atoms with E-state index in [-0.39, 0.29) is 16.8 Å². The minimum absolute atomic E-state index is 0.135. The van der Waals surface area contributed by atoms with E-state index >= 15 is 0 Å². The molecule has 0 aliphatic carbocycles. The van der Waals surface area contributed by atoms with Crippen LogP contribution in [0.1, 0.15) is 5.56 Å². The number of pyridine rings is 1. The summed E-state index contributed by atoms with van der Waals surface area (Å²) in [6, 6.07) is 6.51. The van der Waals surface area contributed by atoms with Gasteiger partial charge in [0, 0.05) is 11.6 Å². The summed E-state index contributed by atoms with van der Waals surface area (Å²) in [6.45, 7) is 0. The van der Waals surface area contributed by atoms with Crippen molar-refractivity contribution in [2.45, 2.75) is 0 Å². The maximum absolute atomic E-state index is 13.6. The van der Waals surface area contributed by atoms with Gasteiger partial charge in [0.05, 0.1) is 24.6 Å². The van der Waals surface area contributed by atoms with Gasteiger partial charge in [-0.05, 0) is 18.2 Å². The molecule has 5 heteroatoms. The van der Waals surface area contributed by atoms with Gasteiger partial charge >= 0.3 is 0 Å². The van der Waals surface area contributed by atoms with Crippen LogP contribution in [0.25, 0.3) is 11.3 Å². The Morgan fingerprint density at radius 2 is 2.06 bits per heavy atom. The Kier molecular flexibility index (Phi) is 3.20. The number of halogens is 2. The molecular formula is C13H8F2N2O. The molecular weight excluding hydrogens is 238 g/mol. The number of benzene rings is 1. The van der Waals surface area contributed by atoms with Gasteiger partial charge in [-0.1, -0.05) is 0 Å². The third-order valence-electron chi connectivity index (χ3n) is 2.41. The molecule has 2 aromatic rings. The van der Waals surface area contributed by atoms with Crippen LogP contribution in [0.3, 0.4) is 0 Å².